The standard InChI is InChI=1S/C12H17NO5S/c1-9(14)7-13(2)19(17,18)8-10-3-5-11(6-4-10)12(15)16/h3-6,9,14H,7-8H2,1-2H3,(H,15,16). The Morgan fingerprint density at radius 2 is 1.84 bits per heavy atom. The fourth-order valence-corrected chi connectivity index (χ4v) is 2.83. The first-order valence-corrected chi connectivity index (χ1v) is 7.27. The third-order valence-electron chi connectivity index (χ3n) is 2.55. The largest absolute Gasteiger partial charge is 0.478 e. The van der Waals surface area contributed by atoms with Gasteiger partial charge in [0.1, 0.15) is 0 Å². The monoisotopic (exact) mass is 287 g/mol. The highest BCUT2D eigenvalue weighted by Gasteiger charge is 2.19. The van der Waals surface area contributed by atoms with Crippen LogP contribution in [0.5, 0.6) is 0 Å². The Labute approximate surface area is 112 Å². The lowest BCUT2D eigenvalue weighted by Crippen LogP contribution is -2.33. The van der Waals surface area contributed by atoms with Crippen molar-refractivity contribution in [1.29, 1.82) is 0 Å². The van der Waals surface area contributed by atoms with Crippen LogP contribution >= 0.6 is 0 Å². The maximum atomic E-state index is 12.0. The third kappa shape index (κ3) is 4.62. The molecule has 106 valence electrons. The quantitative estimate of drug-likeness (QED) is 0.795. The van der Waals surface area contributed by atoms with E-state index in [1.54, 1.807) is 0 Å². The number of benzene rings is 1. The maximum Gasteiger partial charge on any atom is 0.335 e. The van der Waals surface area contributed by atoms with Gasteiger partial charge in [-0.2, -0.15) is 0 Å². The summed E-state index contributed by atoms with van der Waals surface area (Å²) in [7, 11) is -2.12. The Morgan fingerprint density at radius 1 is 1.32 bits per heavy atom. The van der Waals surface area contributed by atoms with Gasteiger partial charge >= 0.3 is 5.97 Å². The highest BCUT2D eigenvalue weighted by atomic mass is 32.2. The predicted octanol–water partition coefficient (Wildman–Crippen LogP) is 0.527. The van der Waals surface area contributed by atoms with Gasteiger partial charge in [0.05, 0.1) is 17.4 Å². The van der Waals surface area contributed by atoms with Crippen molar-refractivity contribution in [3.05, 3.63) is 35.4 Å². The van der Waals surface area contributed by atoms with Crippen LogP contribution in [0.4, 0.5) is 0 Å². The van der Waals surface area contributed by atoms with Crippen molar-refractivity contribution in [3.63, 3.8) is 0 Å². The number of aromatic carboxylic acids is 1. The number of aliphatic hydroxyl groups is 1. The summed E-state index contributed by atoms with van der Waals surface area (Å²) in [6.07, 6.45) is -0.742. The van der Waals surface area contributed by atoms with Gasteiger partial charge < -0.3 is 10.2 Å². The molecule has 0 aliphatic rings. The number of carboxylic acids is 1. The van der Waals surface area contributed by atoms with E-state index in [-0.39, 0.29) is 17.9 Å². The summed E-state index contributed by atoms with van der Waals surface area (Å²) >= 11 is 0. The van der Waals surface area contributed by atoms with Crippen molar-refractivity contribution >= 4 is 16.0 Å². The SMILES string of the molecule is CC(O)CN(C)S(=O)(=O)Cc1ccc(C(=O)O)cc1. The zero-order valence-corrected chi connectivity index (χ0v) is 11.6. The zero-order chi connectivity index (χ0) is 14.6. The number of likely N-dealkylation sites (N-methyl/N-ethyl adjacent to an activating group) is 1. The van der Waals surface area contributed by atoms with Gasteiger partial charge in [0, 0.05) is 13.6 Å². The summed E-state index contributed by atoms with van der Waals surface area (Å²) in [6.45, 7) is 1.53. The minimum atomic E-state index is -3.52. The summed E-state index contributed by atoms with van der Waals surface area (Å²) in [5.74, 6) is -1.28. The molecule has 2 N–H and O–H groups in total. The molecule has 0 saturated heterocycles. The van der Waals surface area contributed by atoms with E-state index in [4.69, 9.17) is 5.11 Å². The highest BCUT2D eigenvalue weighted by Crippen LogP contribution is 2.11. The second-order valence-corrected chi connectivity index (χ2v) is 6.46. The molecule has 0 fully saturated rings. The number of nitrogens with zero attached hydrogens (tertiary/aromatic N) is 1. The number of hydrogen-bond acceptors (Lipinski definition) is 4. The Bertz CT molecular complexity index is 536. The second kappa shape index (κ2) is 6.14. The fraction of sp³-hybridized carbons (Fsp3) is 0.417. The average Bonchev–Trinajstić information content (AvgIpc) is 2.28. The van der Waals surface area contributed by atoms with E-state index in [0.29, 0.717) is 5.56 Å². The van der Waals surface area contributed by atoms with E-state index in [1.165, 1.54) is 38.2 Å². The lowest BCUT2D eigenvalue weighted by molar-refractivity contribution is 0.0697. The molecule has 0 radical (unpaired) electrons. The lowest BCUT2D eigenvalue weighted by Gasteiger charge is -2.18. The van der Waals surface area contributed by atoms with E-state index in [0.717, 1.165) is 4.31 Å². The zero-order valence-electron chi connectivity index (χ0n) is 10.8. The highest BCUT2D eigenvalue weighted by molar-refractivity contribution is 7.88. The van der Waals surface area contributed by atoms with Crippen LogP contribution < -0.4 is 0 Å². The minimum Gasteiger partial charge on any atom is -0.478 e. The fourth-order valence-electron chi connectivity index (χ4n) is 1.55. The van der Waals surface area contributed by atoms with Crippen molar-refractivity contribution in [1.82, 2.24) is 4.31 Å². The summed E-state index contributed by atoms with van der Waals surface area (Å²) in [4.78, 5) is 10.7. The van der Waals surface area contributed by atoms with Crippen molar-refractivity contribution in [2.45, 2.75) is 18.8 Å². The molecule has 0 aliphatic carbocycles. The minimum absolute atomic E-state index is 0.0234. The Kier molecular flexibility index (Phi) is 5.04. The van der Waals surface area contributed by atoms with Gasteiger partial charge in [-0.15, -0.1) is 0 Å². The Balaban J connectivity index is 2.81. The maximum absolute atomic E-state index is 12.0. The number of hydrogen-bond donors (Lipinski definition) is 2. The van der Waals surface area contributed by atoms with Gasteiger partial charge in [-0.1, -0.05) is 12.1 Å². The molecular weight excluding hydrogens is 270 g/mol. The summed E-state index contributed by atoms with van der Waals surface area (Å²) < 4.78 is 25.0. The van der Waals surface area contributed by atoms with Gasteiger partial charge in [0.25, 0.3) is 0 Å². The van der Waals surface area contributed by atoms with E-state index in [2.05, 4.69) is 0 Å². The van der Waals surface area contributed by atoms with Gasteiger partial charge in [-0.25, -0.2) is 17.5 Å². The Hall–Kier alpha value is -1.44. The number of carboxylic acid groups (broad SMARTS) is 1. The van der Waals surface area contributed by atoms with Gasteiger partial charge in [0.2, 0.25) is 10.0 Å². The molecule has 19 heavy (non-hydrogen) atoms. The van der Waals surface area contributed by atoms with Crippen LogP contribution in [-0.2, 0) is 15.8 Å². The summed E-state index contributed by atoms with van der Waals surface area (Å²) in [5.41, 5.74) is 0.612. The van der Waals surface area contributed by atoms with Gasteiger partial charge in [-0.05, 0) is 24.6 Å². The number of carbonyl (C=O) groups is 1. The molecule has 0 heterocycles. The molecule has 1 aromatic rings. The van der Waals surface area contributed by atoms with Crippen LogP contribution in [0.3, 0.4) is 0 Å². The number of aliphatic hydroxyl groups excluding tert-OH is 1. The first-order valence-electron chi connectivity index (χ1n) is 5.66. The van der Waals surface area contributed by atoms with Crippen LogP contribution in [0.15, 0.2) is 24.3 Å². The van der Waals surface area contributed by atoms with E-state index >= 15 is 0 Å². The third-order valence-corrected chi connectivity index (χ3v) is 4.34. The molecule has 1 unspecified atom stereocenters. The van der Waals surface area contributed by atoms with Crippen LogP contribution in [0.1, 0.15) is 22.8 Å². The van der Waals surface area contributed by atoms with Gasteiger partial charge in [0.15, 0.2) is 0 Å². The number of sulfonamides is 1. The van der Waals surface area contributed by atoms with E-state index in [1.807, 2.05) is 0 Å². The molecule has 6 nitrogen and oxygen atoms in total. The molecule has 0 spiro atoms. The lowest BCUT2D eigenvalue weighted by atomic mass is 10.1. The molecule has 1 rings (SSSR count). The van der Waals surface area contributed by atoms with Crippen LogP contribution in [0, 0.1) is 0 Å². The smallest absolute Gasteiger partial charge is 0.335 e. The first-order chi connectivity index (χ1) is 8.72. The average molecular weight is 287 g/mol. The van der Waals surface area contributed by atoms with E-state index in [9.17, 15) is 18.3 Å². The Morgan fingerprint density at radius 3 is 2.26 bits per heavy atom. The van der Waals surface area contributed by atoms with Crippen LogP contribution in [0.2, 0.25) is 0 Å². The molecule has 0 amide bonds. The molecule has 7 heteroatoms. The van der Waals surface area contributed by atoms with Crippen molar-refractivity contribution < 1.29 is 23.4 Å². The van der Waals surface area contributed by atoms with Gasteiger partial charge in [-0.3, -0.25) is 0 Å². The molecule has 0 saturated carbocycles. The predicted molar refractivity (Wildman–Crippen MR) is 70.3 cm³/mol. The molecule has 0 bridgehead atoms. The summed E-state index contributed by atoms with van der Waals surface area (Å²) in [6, 6.07) is 5.66. The summed E-state index contributed by atoms with van der Waals surface area (Å²) in [5, 5.41) is 17.9. The first kappa shape index (κ1) is 15.6. The second-order valence-electron chi connectivity index (χ2n) is 4.39. The van der Waals surface area contributed by atoms with E-state index < -0.39 is 22.1 Å². The van der Waals surface area contributed by atoms with Crippen molar-refractivity contribution in [2.24, 2.45) is 0 Å². The van der Waals surface area contributed by atoms with Crippen LogP contribution in [0.25, 0.3) is 0 Å². The molecular formula is C12H17NO5S. The van der Waals surface area contributed by atoms with Crippen LogP contribution in [-0.4, -0.2) is 48.6 Å². The topological polar surface area (TPSA) is 94.9 Å². The molecule has 0 aromatic heterocycles. The molecule has 1 atom stereocenters. The van der Waals surface area contributed by atoms with Crippen molar-refractivity contribution in [3.8, 4) is 0 Å². The number of rotatable bonds is 6. The molecule has 1 aromatic carbocycles. The van der Waals surface area contributed by atoms with Crippen molar-refractivity contribution in [2.75, 3.05) is 13.6 Å². The normalized spacial score (nSPS) is 13.5. The molecule has 0 aliphatic heterocycles.